The zero-order valence-electron chi connectivity index (χ0n) is 17.5. The Morgan fingerprint density at radius 2 is 1.88 bits per heavy atom. The number of ether oxygens (including phenoxy) is 1. The van der Waals surface area contributed by atoms with E-state index in [0.29, 0.717) is 18.1 Å². The van der Waals surface area contributed by atoms with Crippen molar-refractivity contribution >= 4 is 5.78 Å². The lowest BCUT2D eigenvalue weighted by molar-refractivity contribution is -0.194. The Bertz CT molecular complexity index is 586. The van der Waals surface area contributed by atoms with Gasteiger partial charge in [-0.3, -0.25) is 4.79 Å². The van der Waals surface area contributed by atoms with Crippen LogP contribution < -0.4 is 0 Å². The van der Waals surface area contributed by atoms with Gasteiger partial charge in [-0.15, -0.1) is 6.58 Å². The number of aliphatic hydroxyl groups is 1. The average Bonchev–Trinajstić information content (AvgIpc) is 3.02. The lowest BCUT2D eigenvalue weighted by Gasteiger charge is -2.62. The monoisotopic (exact) mass is 362 g/mol. The maximum Gasteiger partial charge on any atom is 0.142 e. The van der Waals surface area contributed by atoms with Crippen molar-refractivity contribution in [2.24, 2.45) is 39.9 Å². The second-order valence-corrected chi connectivity index (χ2v) is 10.1. The molecule has 4 unspecified atom stereocenters. The van der Waals surface area contributed by atoms with E-state index in [1.807, 2.05) is 6.08 Å². The number of carbonyl (C=O) groups excluding carboxylic acids is 1. The Morgan fingerprint density at radius 3 is 2.46 bits per heavy atom. The predicted molar refractivity (Wildman–Crippen MR) is 105 cm³/mol. The van der Waals surface area contributed by atoms with Crippen LogP contribution in [0.25, 0.3) is 0 Å². The Morgan fingerprint density at radius 1 is 1.27 bits per heavy atom. The van der Waals surface area contributed by atoms with E-state index in [1.54, 1.807) is 7.11 Å². The van der Waals surface area contributed by atoms with Gasteiger partial charge < -0.3 is 9.84 Å². The van der Waals surface area contributed by atoms with Crippen LogP contribution >= 0.6 is 0 Å². The second-order valence-electron chi connectivity index (χ2n) is 10.1. The van der Waals surface area contributed by atoms with Gasteiger partial charge in [0.05, 0.1) is 12.2 Å². The molecule has 0 radical (unpaired) electrons. The molecule has 0 heterocycles. The smallest absolute Gasteiger partial charge is 0.142 e. The molecule has 0 aromatic heterocycles. The molecule has 3 saturated carbocycles. The van der Waals surface area contributed by atoms with Crippen molar-refractivity contribution in [3.8, 4) is 0 Å². The number of hydrogen-bond donors (Lipinski definition) is 1. The van der Waals surface area contributed by atoms with Gasteiger partial charge in [0.25, 0.3) is 0 Å². The minimum absolute atomic E-state index is 0.000579. The van der Waals surface area contributed by atoms with Crippen molar-refractivity contribution in [2.75, 3.05) is 7.11 Å². The molecule has 0 aromatic rings. The van der Waals surface area contributed by atoms with Crippen LogP contribution in [0, 0.1) is 39.9 Å². The molecular formula is C23H38O3. The van der Waals surface area contributed by atoms with E-state index in [1.165, 1.54) is 0 Å². The molecule has 3 nitrogen and oxygen atoms in total. The van der Waals surface area contributed by atoms with E-state index in [2.05, 4.69) is 41.2 Å². The van der Waals surface area contributed by atoms with Crippen molar-refractivity contribution in [3.05, 3.63) is 12.7 Å². The van der Waals surface area contributed by atoms with Gasteiger partial charge in [-0.25, -0.2) is 0 Å². The summed E-state index contributed by atoms with van der Waals surface area (Å²) in [6, 6.07) is 0. The number of ketones is 1. The van der Waals surface area contributed by atoms with Gasteiger partial charge in [-0.2, -0.15) is 0 Å². The van der Waals surface area contributed by atoms with Crippen LogP contribution in [0.4, 0.5) is 0 Å². The molecule has 9 atom stereocenters. The molecule has 3 aliphatic carbocycles. The van der Waals surface area contributed by atoms with E-state index in [9.17, 15) is 9.90 Å². The molecule has 0 aliphatic heterocycles. The minimum atomic E-state index is -0.554. The van der Waals surface area contributed by atoms with Gasteiger partial charge in [-0.1, -0.05) is 40.7 Å². The number of aliphatic hydroxyl groups excluding tert-OH is 1. The highest BCUT2D eigenvalue weighted by Crippen LogP contribution is 2.68. The van der Waals surface area contributed by atoms with Crippen LogP contribution in [0.1, 0.15) is 66.7 Å². The Hall–Kier alpha value is -0.670. The molecule has 3 heteroatoms. The van der Waals surface area contributed by atoms with E-state index >= 15 is 0 Å². The highest BCUT2D eigenvalue weighted by molar-refractivity contribution is 5.88. The van der Waals surface area contributed by atoms with Crippen LogP contribution in [0.2, 0.25) is 0 Å². The summed E-state index contributed by atoms with van der Waals surface area (Å²) in [4.78, 5) is 13.8. The number of allylic oxidation sites excluding steroid dienone is 1. The highest BCUT2D eigenvalue weighted by atomic mass is 16.5. The van der Waals surface area contributed by atoms with Gasteiger partial charge in [-0.05, 0) is 55.3 Å². The first-order valence-electron chi connectivity index (χ1n) is 10.5. The van der Waals surface area contributed by atoms with Crippen LogP contribution in [0.3, 0.4) is 0 Å². The third kappa shape index (κ3) is 2.35. The summed E-state index contributed by atoms with van der Waals surface area (Å²) >= 11 is 0. The standard InChI is InChI=1S/C23H38O3/c1-8-14(2)21(5)13-18(24)22(6)15(3)9-11-23(16(4)20(21)25)12-10-17(26-7)19(22)23/h8,14-19,24H,1,9-13H2,2-7H3/t14?,15-,16+,17?,18-,19?,21+,22+,23?/m1/s1. The first-order chi connectivity index (χ1) is 12.1. The summed E-state index contributed by atoms with van der Waals surface area (Å²) in [7, 11) is 1.80. The van der Waals surface area contributed by atoms with Gasteiger partial charge >= 0.3 is 0 Å². The van der Waals surface area contributed by atoms with Crippen molar-refractivity contribution in [1.82, 2.24) is 0 Å². The van der Waals surface area contributed by atoms with E-state index in [-0.39, 0.29) is 34.7 Å². The van der Waals surface area contributed by atoms with Crippen LogP contribution in [0.5, 0.6) is 0 Å². The third-order valence-electron chi connectivity index (χ3n) is 9.48. The predicted octanol–water partition coefficient (Wildman–Crippen LogP) is 4.63. The van der Waals surface area contributed by atoms with Gasteiger partial charge in [0, 0.05) is 23.9 Å². The van der Waals surface area contributed by atoms with Gasteiger partial charge in [0.15, 0.2) is 0 Å². The molecule has 0 aromatic carbocycles. The Balaban J connectivity index is 2.20. The number of Topliss-reactive ketones (excluding diaryl/α,β-unsaturated/α-hetero) is 1. The maximum absolute atomic E-state index is 13.8. The lowest BCUT2D eigenvalue weighted by atomic mass is 9.43. The zero-order valence-corrected chi connectivity index (χ0v) is 17.5. The maximum atomic E-state index is 13.8. The van der Waals surface area contributed by atoms with Crippen molar-refractivity contribution in [1.29, 1.82) is 0 Å². The summed E-state index contributed by atoms with van der Waals surface area (Å²) in [6.07, 6.45) is 6.27. The van der Waals surface area contributed by atoms with E-state index < -0.39 is 11.5 Å². The number of hydrogen-bond acceptors (Lipinski definition) is 3. The first-order valence-corrected chi connectivity index (χ1v) is 10.5. The Labute approximate surface area is 159 Å². The van der Waals surface area contributed by atoms with E-state index in [4.69, 9.17) is 4.74 Å². The Kier molecular flexibility index (Phi) is 4.98. The molecule has 3 rings (SSSR count). The number of rotatable bonds is 3. The first kappa shape index (κ1) is 20.1. The van der Waals surface area contributed by atoms with E-state index in [0.717, 1.165) is 25.7 Å². The van der Waals surface area contributed by atoms with Gasteiger partial charge in [0.2, 0.25) is 0 Å². The third-order valence-corrected chi connectivity index (χ3v) is 9.48. The normalized spacial score (nSPS) is 52.7. The minimum Gasteiger partial charge on any atom is -0.393 e. The molecule has 148 valence electrons. The molecule has 3 aliphatic rings. The summed E-state index contributed by atoms with van der Waals surface area (Å²) < 4.78 is 5.94. The highest BCUT2D eigenvalue weighted by Gasteiger charge is 2.67. The second kappa shape index (κ2) is 6.44. The fraction of sp³-hybridized carbons (Fsp3) is 0.870. The zero-order chi connectivity index (χ0) is 19.5. The molecule has 26 heavy (non-hydrogen) atoms. The fourth-order valence-corrected chi connectivity index (χ4v) is 7.15. The molecular weight excluding hydrogens is 324 g/mol. The molecule has 3 fully saturated rings. The number of methoxy groups -OCH3 is 1. The topological polar surface area (TPSA) is 46.5 Å². The number of carbonyl (C=O) groups is 1. The molecule has 0 spiro atoms. The molecule has 2 bridgehead atoms. The lowest BCUT2D eigenvalue weighted by Crippen LogP contribution is -2.63. The SMILES string of the molecule is C=CC(C)[C@]1(C)C[C@@H](O)[C@@]2(C)C3C(OC)CCC3(CC[C@H]2C)[C@@H](C)C1=O. The van der Waals surface area contributed by atoms with Crippen LogP contribution in [-0.4, -0.2) is 30.2 Å². The molecule has 0 saturated heterocycles. The molecule has 1 N–H and O–H groups in total. The fourth-order valence-electron chi connectivity index (χ4n) is 7.15. The summed E-state index contributed by atoms with van der Waals surface area (Å²) in [5.74, 6) is 1.05. The molecule has 0 amide bonds. The summed E-state index contributed by atoms with van der Waals surface area (Å²) in [5, 5.41) is 11.6. The average molecular weight is 363 g/mol. The summed E-state index contributed by atoms with van der Waals surface area (Å²) in [5.41, 5.74) is -0.808. The van der Waals surface area contributed by atoms with Crippen molar-refractivity contribution < 1.29 is 14.6 Å². The largest absolute Gasteiger partial charge is 0.393 e. The quantitative estimate of drug-likeness (QED) is 0.745. The summed E-state index contributed by atoms with van der Waals surface area (Å²) in [6.45, 7) is 14.8. The van der Waals surface area contributed by atoms with Gasteiger partial charge in [0.1, 0.15) is 5.78 Å². The van der Waals surface area contributed by atoms with Crippen molar-refractivity contribution in [2.45, 2.75) is 78.9 Å². The van der Waals surface area contributed by atoms with Crippen LogP contribution in [-0.2, 0) is 9.53 Å². The van der Waals surface area contributed by atoms with Crippen molar-refractivity contribution in [3.63, 3.8) is 0 Å². The van der Waals surface area contributed by atoms with Crippen LogP contribution in [0.15, 0.2) is 12.7 Å².